The molecule has 10 heteroatoms. The van der Waals surface area contributed by atoms with Crippen molar-refractivity contribution in [3.63, 3.8) is 0 Å². The topological polar surface area (TPSA) is 91.0 Å². The maximum absolute atomic E-state index is 14.5. The first-order chi connectivity index (χ1) is 15.3. The maximum atomic E-state index is 14.5. The van der Waals surface area contributed by atoms with Gasteiger partial charge in [0.25, 0.3) is 6.43 Å². The minimum atomic E-state index is -2.78. The normalized spacial score (nSPS) is 10.9. The molecule has 168 valence electrons. The quantitative estimate of drug-likeness (QED) is 0.517. The molecule has 0 aliphatic heterocycles. The van der Waals surface area contributed by atoms with Gasteiger partial charge in [0.1, 0.15) is 5.82 Å². The number of carbonyl (C=O) groups is 2. The first kappa shape index (κ1) is 23.0. The number of pyridine rings is 1. The Hall–Kier alpha value is -3.69. The van der Waals surface area contributed by atoms with Crippen molar-refractivity contribution < 1.29 is 22.8 Å². The molecule has 3 rings (SSSR count). The van der Waals surface area contributed by atoms with E-state index in [0.29, 0.717) is 34.7 Å². The standard InChI is InChI=1S/C22H22F3N5O2/c1-14(31)30(13-21(24)25)20-8-5-16(9-18(20)23)19-7-6-17(12-26-19)29-22(32)4-2-3-15-10-27-28-11-15/h5-12,21H,2-4,13H2,1H3,(H,27,28)(H,29,32). The molecule has 0 unspecified atom stereocenters. The molecular weight excluding hydrogens is 423 g/mol. The smallest absolute Gasteiger partial charge is 0.256 e. The molecule has 0 saturated heterocycles. The second-order valence-electron chi connectivity index (χ2n) is 7.13. The highest BCUT2D eigenvalue weighted by molar-refractivity contribution is 5.92. The lowest BCUT2D eigenvalue weighted by molar-refractivity contribution is -0.117. The third-order valence-electron chi connectivity index (χ3n) is 4.71. The van der Waals surface area contributed by atoms with Crippen LogP contribution < -0.4 is 10.2 Å². The van der Waals surface area contributed by atoms with E-state index in [4.69, 9.17) is 0 Å². The van der Waals surface area contributed by atoms with Crippen LogP contribution >= 0.6 is 0 Å². The number of aryl methyl sites for hydroxylation is 1. The summed E-state index contributed by atoms with van der Waals surface area (Å²) in [5, 5.41) is 9.33. The summed E-state index contributed by atoms with van der Waals surface area (Å²) < 4.78 is 40.0. The van der Waals surface area contributed by atoms with Gasteiger partial charge in [0.05, 0.1) is 36.0 Å². The number of aromatic amines is 1. The van der Waals surface area contributed by atoms with Gasteiger partial charge in [0.15, 0.2) is 0 Å². The summed E-state index contributed by atoms with van der Waals surface area (Å²) in [6, 6.07) is 7.15. The summed E-state index contributed by atoms with van der Waals surface area (Å²) >= 11 is 0. The highest BCUT2D eigenvalue weighted by Crippen LogP contribution is 2.27. The van der Waals surface area contributed by atoms with Crippen LogP contribution in [0.2, 0.25) is 0 Å². The number of hydrogen-bond donors (Lipinski definition) is 2. The number of nitrogens with one attached hydrogen (secondary N) is 2. The zero-order valence-corrected chi connectivity index (χ0v) is 17.3. The molecule has 2 aromatic heterocycles. The lowest BCUT2D eigenvalue weighted by Gasteiger charge is -2.21. The Morgan fingerprint density at radius 1 is 1.19 bits per heavy atom. The van der Waals surface area contributed by atoms with E-state index in [1.54, 1.807) is 24.5 Å². The molecule has 0 atom stereocenters. The maximum Gasteiger partial charge on any atom is 0.256 e. The lowest BCUT2D eigenvalue weighted by Crippen LogP contribution is -2.33. The van der Waals surface area contributed by atoms with Crippen LogP contribution in [0.15, 0.2) is 48.9 Å². The van der Waals surface area contributed by atoms with Crippen molar-refractivity contribution in [2.24, 2.45) is 0 Å². The van der Waals surface area contributed by atoms with Crippen LogP contribution in [-0.2, 0) is 16.0 Å². The Kier molecular flexibility index (Phi) is 7.58. The summed E-state index contributed by atoms with van der Waals surface area (Å²) in [4.78, 5) is 28.6. The van der Waals surface area contributed by atoms with Gasteiger partial charge in [-0.2, -0.15) is 5.10 Å². The number of nitrogens with zero attached hydrogens (tertiary/aromatic N) is 3. The van der Waals surface area contributed by atoms with E-state index in [-0.39, 0.29) is 11.6 Å². The van der Waals surface area contributed by atoms with Crippen molar-refractivity contribution in [3.8, 4) is 11.3 Å². The van der Waals surface area contributed by atoms with E-state index in [9.17, 15) is 22.8 Å². The second-order valence-corrected chi connectivity index (χ2v) is 7.13. The molecule has 0 fully saturated rings. The number of amides is 2. The molecular formula is C22H22F3N5O2. The van der Waals surface area contributed by atoms with Gasteiger partial charge in [-0.15, -0.1) is 0 Å². The Labute approximate surface area is 182 Å². The third kappa shape index (κ3) is 6.16. The van der Waals surface area contributed by atoms with Crippen LogP contribution in [0.25, 0.3) is 11.3 Å². The predicted molar refractivity (Wildman–Crippen MR) is 114 cm³/mol. The van der Waals surface area contributed by atoms with Crippen molar-refractivity contribution >= 4 is 23.2 Å². The summed E-state index contributed by atoms with van der Waals surface area (Å²) in [6.07, 6.45) is 3.91. The highest BCUT2D eigenvalue weighted by atomic mass is 19.3. The van der Waals surface area contributed by atoms with Gasteiger partial charge in [0, 0.05) is 25.1 Å². The Morgan fingerprint density at radius 3 is 2.59 bits per heavy atom. The van der Waals surface area contributed by atoms with Crippen LogP contribution in [0, 0.1) is 5.82 Å². The molecule has 0 aliphatic carbocycles. The number of halogens is 3. The number of H-pyrrole nitrogens is 1. The number of benzene rings is 1. The number of alkyl halides is 2. The zero-order valence-electron chi connectivity index (χ0n) is 17.3. The Bertz CT molecular complexity index is 1060. The molecule has 32 heavy (non-hydrogen) atoms. The molecule has 0 spiro atoms. The van der Waals surface area contributed by atoms with E-state index in [2.05, 4.69) is 20.5 Å². The Balaban J connectivity index is 1.62. The number of anilines is 2. The fourth-order valence-electron chi connectivity index (χ4n) is 3.15. The van der Waals surface area contributed by atoms with Crippen molar-refractivity contribution in [2.75, 3.05) is 16.8 Å². The number of aromatic nitrogens is 3. The summed E-state index contributed by atoms with van der Waals surface area (Å²) in [7, 11) is 0. The second kappa shape index (κ2) is 10.6. The molecule has 3 aromatic rings. The van der Waals surface area contributed by atoms with Crippen LogP contribution in [-0.4, -0.2) is 40.0 Å². The van der Waals surface area contributed by atoms with Gasteiger partial charge in [-0.1, -0.05) is 6.07 Å². The third-order valence-corrected chi connectivity index (χ3v) is 4.71. The van der Waals surface area contributed by atoms with Gasteiger partial charge >= 0.3 is 0 Å². The SMILES string of the molecule is CC(=O)N(CC(F)F)c1ccc(-c2ccc(NC(=O)CCCc3cn[nH]c3)cn2)cc1F. The zero-order chi connectivity index (χ0) is 23.1. The van der Waals surface area contributed by atoms with E-state index >= 15 is 0 Å². The minimum Gasteiger partial charge on any atom is -0.325 e. The number of rotatable bonds is 9. The predicted octanol–water partition coefficient (Wildman–Crippen LogP) is 4.19. The van der Waals surface area contributed by atoms with Gasteiger partial charge in [-0.05, 0) is 42.7 Å². The van der Waals surface area contributed by atoms with Crippen LogP contribution in [0.4, 0.5) is 24.5 Å². The average molecular weight is 445 g/mol. The van der Waals surface area contributed by atoms with Crippen molar-refractivity contribution in [2.45, 2.75) is 32.6 Å². The molecule has 2 N–H and O–H groups in total. The number of carbonyl (C=O) groups excluding carboxylic acids is 2. The summed E-state index contributed by atoms with van der Waals surface area (Å²) in [5.74, 6) is -1.64. The van der Waals surface area contributed by atoms with Crippen molar-refractivity contribution in [3.05, 3.63) is 60.3 Å². The van der Waals surface area contributed by atoms with E-state index in [0.717, 1.165) is 25.0 Å². The largest absolute Gasteiger partial charge is 0.325 e. The first-order valence-corrected chi connectivity index (χ1v) is 9.93. The van der Waals surface area contributed by atoms with Gasteiger partial charge < -0.3 is 10.2 Å². The van der Waals surface area contributed by atoms with Gasteiger partial charge in [0.2, 0.25) is 11.8 Å². The van der Waals surface area contributed by atoms with Crippen LogP contribution in [0.3, 0.4) is 0 Å². The monoisotopic (exact) mass is 445 g/mol. The first-order valence-electron chi connectivity index (χ1n) is 9.93. The molecule has 0 aliphatic rings. The van der Waals surface area contributed by atoms with E-state index < -0.39 is 24.7 Å². The lowest BCUT2D eigenvalue weighted by atomic mass is 10.1. The number of hydrogen-bond acceptors (Lipinski definition) is 4. The van der Waals surface area contributed by atoms with Crippen LogP contribution in [0.1, 0.15) is 25.3 Å². The van der Waals surface area contributed by atoms with Gasteiger partial charge in [-0.25, -0.2) is 13.2 Å². The molecule has 0 saturated carbocycles. The average Bonchev–Trinajstić information content (AvgIpc) is 3.26. The van der Waals surface area contributed by atoms with Crippen LogP contribution in [0.5, 0.6) is 0 Å². The molecule has 7 nitrogen and oxygen atoms in total. The highest BCUT2D eigenvalue weighted by Gasteiger charge is 2.20. The van der Waals surface area contributed by atoms with E-state index in [1.807, 2.05) is 0 Å². The molecule has 0 bridgehead atoms. The summed E-state index contributed by atoms with van der Waals surface area (Å²) in [5.41, 5.74) is 2.14. The fourth-order valence-corrected chi connectivity index (χ4v) is 3.15. The van der Waals surface area contributed by atoms with Crippen molar-refractivity contribution in [1.29, 1.82) is 0 Å². The minimum absolute atomic E-state index is 0.151. The van der Waals surface area contributed by atoms with Crippen molar-refractivity contribution in [1.82, 2.24) is 15.2 Å². The van der Waals surface area contributed by atoms with E-state index in [1.165, 1.54) is 18.3 Å². The molecule has 0 radical (unpaired) electrons. The molecule has 1 aromatic carbocycles. The molecule has 2 heterocycles. The fraction of sp³-hybridized carbons (Fsp3) is 0.273. The van der Waals surface area contributed by atoms with Gasteiger partial charge in [-0.3, -0.25) is 19.7 Å². The summed E-state index contributed by atoms with van der Waals surface area (Å²) in [6.45, 7) is 0.210. The molecule has 2 amide bonds. The Morgan fingerprint density at radius 2 is 2.00 bits per heavy atom.